The summed E-state index contributed by atoms with van der Waals surface area (Å²) in [7, 11) is 0. The van der Waals surface area contributed by atoms with E-state index >= 15 is 0 Å². The van der Waals surface area contributed by atoms with E-state index in [4.69, 9.17) is 10.2 Å². The average molecular weight is 199 g/mol. The van der Waals surface area contributed by atoms with Gasteiger partial charge in [-0.3, -0.25) is 4.79 Å². The lowest BCUT2D eigenvalue weighted by Crippen LogP contribution is -2.36. The molecule has 1 fully saturated rings. The third-order valence-corrected chi connectivity index (χ3v) is 2.61. The lowest BCUT2D eigenvalue weighted by atomic mass is 9.84. The lowest BCUT2D eigenvalue weighted by Gasteiger charge is -2.21. The maximum Gasteiger partial charge on any atom is 0.407 e. The molecule has 1 rings (SSSR count). The molecule has 1 amide bonds. The molecule has 1 unspecified atom stereocenters. The van der Waals surface area contributed by atoms with Gasteiger partial charge in [-0.25, -0.2) is 4.79 Å². The van der Waals surface area contributed by atoms with Crippen LogP contribution in [0.2, 0.25) is 0 Å². The van der Waals surface area contributed by atoms with Gasteiger partial charge in [-0.1, -0.05) is 6.08 Å². The Bertz CT molecular complexity index is 276. The van der Waals surface area contributed by atoms with Crippen molar-refractivity contribution in [2.45, 2.75) is 12.8 Å². The zero-order valence-corrected chi connectivity index (χ0v) is 7.77. The number of carbonyl (C=O) groups is 2. The van der Waals surface area contributed by atoms with Crippen LogP contribution in [0.4, 0.5) is 4.79 Å². The number of carboxylic acid groups (broad SMARTS) is 2. The van der Waals surface area contributed by atoms with Gasteiger partial charge in [0.15, 0.2) is 0 Å². The van der Waals surface area contributed by atoms with Crippen molar-refractivity contribution in [1.29, 1.82) is 0 Å². The standard InChI is InChI=1S/C9H13NO4/c1-2-3-9(7(11)12)4-5-10(6-9)8(13)14/h2H,1,3-6H2,(H,11,12)(H,13,14). The summed E-state index contributed by atoms with van der Waals surface area (Å²) in [4.78, 5) is 22.8. The fourth-order valence-electron chi connectivity index (χ4n) is 1.74. The minimum atomic E-state index is -1.06. The van der Waals surface area contributed by atoms with Gasteiger partial charge in [-0.2, -0.15) is 0 Å². The summed E-state index contributed by atoms with van der Waals surface area (Å²) in [6.07, 6.45) is 1.14. The van der Waals surface area contributed by atoms with Crippen molar-refractivity contribution >= 4 is 12.1 Å². The number of likely N-dealkylation sites (tertiary alicyclic amines) is 1. The summed E-state index contributed by atoms with van der Waals surface area (Å²) in [6, 6.07) is 0. The first-order valence-corrected chi connectivity index (χ1v) is 4.34. The molecule has 1 atom stereocenters. The zero-order chi connectivity index (χ0) is 10.8. The van der Waals surface area contributed by atoms with Crippen LogP contribution in [0.25, 0.3) is 0 Å². The Labute approximate surface area is 81.6 Å². The molecule has 1 saturated heterocycles. The van der Waals surface area contributed by atoms with E-state index in [1.54, 1.807) is 0 Å². The second-order valence-electron chi connectivity index (χ2n) is 3.53. The predicted octanol–water partition coefficient (Wildman–Crippen LogP) is 1.02. The zero-order valence-electron chi connectivity index (χ0n) is 7.77. The Kier molecular flexibility index (Phi) is 2.78. The van der Waals surface area contributed by atoms with Gasteiger partial charge in [0.25, 0.3) is 0 Å². The molecule has 0 aromatic rings. The van der Waals surface area contributed by atoms with Crippen LogP contribution in [0.3, 0.4) is 0 Å². The predicted molar refractivity (Wildman–Crippen MR) is 49.1 cm³/mol. The maximum absolute atomic E-state index is 11.0. The minimum Gasteiger partial charge on any atom is -0.481 e. The maximum atomic E-state index is 11.0. The van der Waals surface area contributed by atoms with E-state index in [2.05, 4.69) is 6.58 Å². The summed E-state index contributed by atoms with van der Waals surface area (Å²) >= 11 is 0. The fraction of sp³-hybridized carbons (Fsp3) is 0.556. The van der Waals surface area contributed by atoms with Gasteiger partial charge in [-0.15, -0.1) is 6.58 Å². The highest BCUT2D eigenvalue weighted by Gasteiger charge is 2.45. The molecule has 1 aliphatic rings. The molecule has 5 heteroatoms. The molecule has 0 bridgehead atoms. The van der Waals surface area contributed by atoms with Crippen molar-refractivity contribution in [3.8, 4) is 0 Å². The number of nitrogens with zero attached hydrogens (tertiary/aromatic N) is 1. The van der Waals surface area contributed by atoms with Crippen LogP contribution in [0.5, 0.6) is 0 Å². The Morgan fingerprint density at radius 1 is 1.50 bits per heavy atom. The molecule has 0 aliphatic carbocycles. The molecule has 5 nitrogen and oxygen atoms in total. The third-order valence-electron chi connectivity index (χ3n) is 2.61. The molecule has 0 saturated carbocycles. The molecule has 78 valence electrons. The van der Waals surface area contributed by atoms with E-state index in [1.807, 2.05) is 0 Å². The first-order chi connectivity index (χ1) is 6.52. The monoisotopic (exact) mass is 199 g/mol. The van der Waals surface area contributed by atoms with Crippen LogP contribution >= 0.6 is 0 Å². The van der Waals surface area contributed by atoms with Crippen molar-refractivity contribution in [1.82, 2.24) is 4.90 Å². The van der Waals surface area contributed by atoms with Gasteiger partial charge < -0.3 is 15.1 Å². The first kappa shape index (κ1) is 10.6. The summed E-state index contributed by atoms with van der Waals surface area (Å²) < 4.78 is 0. The van der Waals surface area contributed by atoms with Gasteiger partial charge in [-0.05, 0) is 12.8 Å². The normalized spacial score (nSPS) is 26.1. The Balaban J connectivity index is 2.78. The van der Waals surface area contributed by atoms with Crippen LogP contribution in [0.1, 0.15) is 12.8 Å². The van der Waals surface area contributed by atoms with Crippen molar-refractivity contribution in [2.75, 3.05) is 13.1 Å². The number of allylic oxidation sites excluding steroid dienone is 1. The number of hydrogen-bond acceptors (Lipinski definition) is 2. The van der Waals surface area contributed by atoms with E-state index in [0.29, 0.717) is 12.8 Å². The molecule has 14 heavy (non-hydrogen) atoms. The highest BCUT2D eigenvalue weighted by atomic mass is 16.4. The molecule has 0 aromatic heterocycles. The lowest BCUT2D eigenvalue weighted by molar-refractivity contribution is -0.147. The smallest absolute Gasteiger partial charge is 0.407 e. The topological polar surface area (TPSA) is 77.8 Å². The molecular weight excluding hydrogens is 186 g/mol. The number of aliphatic carboxylic acids is 1. The quantitative estimate of drug-likeness (QED) is 0.665. The van der Waals surface area contributed by atoms with Crippen molar-refractivity contribution in [2.24, 2.45) is 5.41 Å². The second kappa shape index (κ2) is 3.69. The summed E-state index contributed by atoms with van der Waals surface area (Å²) in [5, 5.41) is 17.7. The van der Waals surface area contributed by atoms with E-state index < -0.39 is 17.5 Å². The fourth-order valence-corrected chi connectivity index (χ4v) is 1.74. The van der Waals surface area contributed by atoms with Crippen LogP contribution in [0, 0.1) is 5.41 Å². The van der Waals surface area contributed by atoms with Gasteiger partial charge in [0, 0.05) is 13.1 Å². The Hall–Kier alpha value is -1.52. The van der Waals surface area contributed by atoms with E-state index in [0.717, 1.165) is 4.90 Å². The van der Waals surface area contributed by atoms with E-state index in [1.165, 1.54) is 6.08 Å². The molecule has 2 N–H and O–H groups in total. The van der Waals surface area contributed by atoms with Crippen molar-refractivity contribution in [3.63, 3.8) is 0 Å². The number of rotatable bonds is 3. The highest BCUT2D eigenvalue weighted by molar-refractivity contribution is 5.77. The molecular formula is C9H13NO4. The van der Waals surface area contributed by atoms with E-state index in [9.17, 15) is 9.59 Å². The largest absolute Gasteiger partial charge is 0.481 e. The van der Waals surface area contributed by atoms with Crippen molar-refractivity contribution < 1.29 is 19.8 Å². The van der Waals surface area contributed by atoms with E-state index in [-0.39, 0.29) is 13.1 Å². The molecule has 1 aliphatic heterocycles. The SMILES string of the molecule is C=CCC1(C(=O)O)CCN(C(=O)O)C1. The third kappa shape index (κ3) is 1.71. The van der Waals surface area contributed by atoms with Crippen LogP contribution in [0.15, 0.2) is 12.7 Å². The highest BCUT2D eigenvalue weighted by Crippen LogP contribution is 2.34. The van der Waals surface area contributed by atoms with Crippen LogP contribution in [-0.4, -0.2) is 40.3 Å². The van der Waals surface area contributed by atoms with Gasteiger partial charge in [0.1, 0.15) is 0 Å². The first-order valence-electron chi connectivity index (χ1n) is 4.34. The number of carboxylic acids is 1. The molecule has 0 spiro atoms. The Morgan fingerprint density at radius 3 is 2.50 bits per heavy atom. The van der Waals surface area contributed by atoms with Gasteiger partial charge in [0.2, 0.25) is 0 Å². The minimum absolute atomic E-state index is 0.0592. The molecule has 1 heterocycles. The summed E-state index contributed by atoms with van der Waals surface area (Å²) in [6.45, 7) is 3.84. The summed E-state index contributed by atoms with van der Waals surface area (Å²) in [5.41, 5.74) is -0.958. The van der Waals surface area contributed by atoms with Crippen molar-refractivity contribution in [3.05, 3.63) is 12.7 Å². The molecule has 0 radical (unpaired) electrons. The second-order valence-corrected chi connectivity index (χ2v) is 3.53. The van der Waals surface area contributed by atoms with Gasteiger partial charge in [0.05, 0.1) is 5.41 Å². The van der Waals surface area contributed by atoms with Gasteiger partial charge >= 0.3 is 12.1 Å². The number of hydrogen-bond donors (Lipinski definition) is 2. The Morgan fingerprint density at radius 2 is 2.14 bits per heavy atom. The summed E-state index contributed by atoms with van der Waals surface area (Å²) in [5.74, 6) is -0.943. The number of amides is 1. The van der Waals surface area contributed by atoms with Crippen LogP contribution < -0.4 is 0 Å². The molecule has 0 aromatic carbocycles. The average Bonchev–Trinajstić information content (AvgIpc) is 2.50. The van der Waals surface area contributed by atoms with Crippen LogP contribution in [-0.2, 0) is 4.79 Å².